The highest BCUT2D eigenvalue weighted by Gasteiger charge is 2.23. The van der Waals surface area contributed by atoms with Gasteiger partial charge in [0, 0.05) is 86.5 Å². The lowest BCUT2D eigenvalue weighted by molar-refractivity contribution is -0.133. The molecule has 0 atom stereocenters. The smallest absolute Gasteiger partial charge is 0.241 e. The SMILES string of the molecule is Cc1cnc(Nc2ccc(N3CCN(C(=O)CCC(=O)NCCCOCI)CC3)cc2)nc1Nc1cccc(S(=O)(=O)NC(C)(C)C)c1. The summed E-state index contributed by atoms with van der Waals surface area (Å²) < 4.78 is 34.2. The van der Waals surface area contributed by atoms with E-state index in [1.54, 1.807) is 51.2 Å². The fraction of sp³-hybridized carbons (Fsp3) is 0.455. The molecule has 48 heavy (non-hydrogen) atoms. The number of nitrogens with zero attached hydrogens (tertiary/aromatic N) is 4. The Morgan fingerprint density at radius 1 is 0.979 bits per heavy atom. The van der Waals surface area contributed by atoms with Gasteiger partial charge in [0.25, 0.3) is 0 Å². The van der Waals surface area contributed by atoms with E-state index in [0.717, 1.165) is 23.4 Å². The molecule has 260 valence electrons. The molecule has 15 heteroatoms. The zero-order valence-corrected chi connectivity index (χ0v) is 30.9. The lowest BCUT2D eigenvalue weighted by Crippen LogP contribution is -2.49. The first-order chi connectivity index (χ1) is 22.8. The van der Waals surface area contributed by atoms with Crippen LogP contribution >= 0.6 is 22.6 Å². The first-order valence-corrected chi connectivity index (χ1v) is 18.9. The third-order valence-corrected chi connectivity index (χ3v) is 9.57. The molecule has 1 fully saturated rings. The summed E-state index contributed by atoms with van der Waals surface area (Å²) in [6.45, 7) is 11.0. The second-order valence-electron chi connectivity index (χ2n) is 12.5. The second kappa shape index (κ2) is 17.2. The highest BCUT2D eigenvalue weighted by Crippen LogP contribution is 2.25. The first kappa shape index (κ1) is 37.3. The molecule has 1 aromatic heterocycles. The molecular weight excluding hydrogens is 747 g/mol. The highest BCUT2D eigenvalue weighted by molar-refractivity contribution is 14.1. The van der Waals surface area contributed by atoms with Crippen molar-refractivity contribution in [3.05, 3.63) is 60.3 Å². The van der Waals surface area contributed by atoms with Crippen molar-refractivity contribution in [1.29, 1.82) is 0 Å². The molecule has 4 N–H and O–H groups in total. The molecule has 1 aliphatic heterocycles. The number of piperazine rings is 1. The molecule has 1 aliphatic rings. The third kappa shape index (κ3) is 11.6. The minimum Gasteiger partial charge on any atom is -0.371 e. The topological polar surface area (TPSA) is 158 Å². The normalized spacial score (nSPS) is 13.7. The van der Waals surface area contributed by atoms with Crippen LogP contribution in [0.25, 0.3) is 0 Å². The lowest BCUT2D eigenvalue weighted by Gasteiger charge is -2.36. The number of hydrogen-bond acceptors (Lipinski definition) is 10. The summed E-state index contributed by atoms with van der Waals surface area (Å²) >= 11 is 2.14. The zero-order chi connectivity index (χ0) is 34.7. The Kier molecular flexibility index (Phi) is 13.4. The van der Waals surface area contributed by atoms with E-state index in [0.29, 0.717) is 61.4 Å². The lowest BCUT2D eigenvalue weighted by atomic mass is 10.1. The Morgan fingerprint density at radius 3 is 2.40 bits per heavy atom. The van der Waals surface area contributed by atoms with Gasteiger partial charge < -0.3 is 30.5 Å². The van der Waals surface area contributed by atoms with Crippen molar-refractivity contribution in [1.82, 2.24) is 24.9 Å². The van der Waals surface area contributed by atoms with Gasteiger partial charge in [-0.15, -0.1) is 0 Å². The average molecular weight is 793 g/mol. The molecular formula is C33H45IN8O5S. The molecule has 2 amide bonds. The molecule has 3 aromatic rings. The van der Waals surface area contributed by atoms with E-state index >= 15 is 0 Å². The van der Waals surface area contributed by atoms with Gasteiger partial charge in [-0.3, -0.25) is 9.59 Å². The van der Waals surface area contributed by atoms with Crippen molar-refractivity contribution in [2.75, 3.05) is 59.5 Å². The monoisotopic (exact) mass is 792 g/mol. The highest BCUT2D eigenvalue weighted by atomic mass is 127. The number of halogens is 1. The van der Waals surface area contributed by atoms with Crippen molar-refractivity contribution in [2.45, 2.75) is 57.4 Å². The van der Waals surface area contributed by atoms with Crippen LogP contribution in [0.5, 0.6) is 0 Å². The summed E-state index contributed by atoms with van der Waals surface area (Å²) in [5, 5.41) is 9.30. The molecule has 0 aliphatic carbocycles. The molecule has 0 unspecified atom stereocenters. The van der Waals surface area contributed by atoms with Gasteiger partial charge in [0.1, 0.15) is 5.82 Å². The van der Waals surface area contributed by atoms with Crippen molar-refractivity contribution >= 4 is 73.3 Å². The first-order valence-electron chi connectivity index (χ1n) is 15.9. The van der Waals surface area contributed by atoms with E-state index in [9.17, 15) is 18.0 Å². The number of nitrogens with one attached hydrogen (secondary N) is 4. The predicted octanol–water partition coefficient (Wildman–Crippen LogP) is 4.69. The van der Waals surface area contributed by atoms with Crippen LogP contribution in [-0.4, -0.2) is 84.6 Å². The molecule has 2 aromatic carbocycles. The van der Waals surface area contributed by atoms with Crippen LogP contribution in [0.1, 0.15) is 45.6 Å². The van der Waals surface area contributed by atoms with E-state index < -0.39 is 15.6 Å². The predicted molar refractivity (Wildman–Crippen MR) is 197 cm³/mol. The molecule has 1 saturated heterocycles. The Morgan fingerprint density at radius 2 is 1.71 bits per heavy atom. The quantitative estimate of drug-likeness (QED) is 0.0968. The summed E-state index contributed by atoms with van der Waals surface area (Å²) in [6, 6.07) is 14.5. The van der Waals surface area contributed by atoms with E-state index in [4.69, 9.17) is 4.74 Å². The molecule has 0 spiro atoms. The number of ether oxygens (including phenoxy) is 1. The van der Waals surface area contributed by atoms with Crippen LogP contribution in [0.2, 0.25) is 0 Å². The summed E-state index contributed by atoms with van der Waals surface area (Å²) in [7, 11) is -3.69. The average Bonchev–Trinajstić information content (AvgIpc) is 3.04. The number of benzene rings is 2. The number of amides is 2. The van der Waals surface area contributed by atoms with Crippen molar-refractivity contribution in [2.24, 2.45) is 0 Å². The number of anilines is 5. The van der Waals surface area contributed by atoms with Crippen LogP contribution in [0.15, 0.2) is 59.6 Å². The number of rotatable bonds is 15. The van der Waals surface area contributed by atoms with Crippen LogP contribution in [0, 0.1) is 6.92 Å². The minimum absolute atomic E-state index is 0.000156. The zero-order valence-electron chi connectivity index (χ0n) is 27.9. The summed E-state index contributed by atoms with van der Waals surface area (Å²) in [4.78, 5) is 38.0. The van der Waals surface area contributed by atoms with Gasteiger partial charge >= 0.3 is 0 Å². The summed E-state index contributed by atoms with van der Waals surface area (Å²) in [5.41, 5.74) is 2.62. The van der Waals surface area contributed by atoms with Crippen LogP contribution in [0.3, 0.4) is 0 Å². The van der Waals surface area contributed by atoms with Gasteiger partial charge in [-0.1, -0.05) is 28.7 Å². The van der Waals surface area contributed by atoms with Crippen molar-refractivity contribution < 1.29 is 22.7 Å². The molecule has 2 heterocycles. The third-order valence-electron chi connectivity index (χ3n) is 7.37. The fourth-order valence-electron chi connectivity index (χ4n) is 4.99. The van der Waals surface area contributed by atoms with Gasteiger partial charge in [0.2, 0.25) is 27.8 Å². The number of carbonyl (C=O) groups excluding carboxylic acids is 2. The number of carbonyl (C=O) groups is 2. The van der Waals surface area contributed by atoms with E-state index in [2.05, 4.69) is 58.1 Å². The Bertz CT molecular complexity index is 1640. The molecule has 0 radical (unpaired) electrons. The number of alkyl halides is 1. The van der Waals surface area contributed by atoms with Crippen LogP contribution in [-0.2, 0) is 24.3 Å². The molecule has 13 nitrogen and oxygen atoms in total. The van der Waals surface area contributed by atoms with Crippen LogP contribution < -0.4 is 25.6 Å². The van der Waals surface area contributed by atoms with E-state index in [1.807, 2.05) is 36.1 Å². The molecule has 0 saturated carbocycles. The number of aromatic nitrogens is 2. The van der Waals surface area contributed by atoms with E-state index in [-0.39, 0.29) is 29.6 Å². The maximum Gasteiger partial charge on any atom is 0.241 e. The maximum atomic E-state index is 12.8. The number of hydrogen-bond donors (Lipinski definition) is 4. The number of sulfonamides is 1. The number of aryl methyl sites for hydroxylation is 1. The Labute approximate surface area is 296 Å². The molecule has 0 bridgehead atoms. The minimum atomic E-state index is -3.69. The second-order valence-corrected chi connectivity index (χ2v) is 14.8. The maximum absolute atomic E-state index is 12.8. The van der Waals surface area contributed by atoms with Crippen molar-refractivity contribution in [3.8, 4) is 0 Å². The standard InChI is InChI=1S/C33H45IN8O5S/c1-24-22-36-32(39-31(24)37-26-7-5-8-28(21-26)48(45,46)40-33(2,3)4)38-25-9-11-27(12-10-25)41-16-18-42(19-17-41)30(44)14-13-29(43)35-15-6-20-47-23-34/h5,7-12,21-22,40H,6,13-20,23H2,1-4H3,(H,35,43)(H2,36,37,38,39). The van der Waals surface area contributed by atoms with Gasteiger partial charge in [-0.25, -0.2) is 18.1 Å². The van der Waals surface area contributed by atoms with Gasteiger partial charge in [0.15, 0.2) is 0 Å². The van der Waals surface area contributed by atoms with Crippen LogP contribution in [0.4, 0.5) is 28.8 Å². The van der Waals surface area contributed by atoms with E-state index in [1.165, 1.54) is 0 Å². The largest absolute Gasteiger partial charge is 0.371 e. The van der Waals surface area contributed by atoms with Gasteiger partial charge in [-0.2, -0.15) is 4.98 Å². The van der Waals surface area contributed by atoms with Gasteiger partial charge in [-0.05, 0) is 76.6 Å². The Hall–Kier alpha value is -3.54. The van der Waals surface area contributed by atoms with Gasteiger partial charge in [0.05, 0.1) is 9.51 Å². The Balaban J connectivity index is 1.27. The summed E-state index contributed by atoms with van der Waals surface area (Å²) in [6.07, 6.45) is 2.85. The molecule has 4 rings (SSSR count). The van der Waals surface area contributed by atoms with Crippen molar-refractivity contribution in [3.63, 3.8) is 0 Å². The summed E-state index contributed by atoms with van der Waals surface area (Å²) in [5.74, 6) is 0.827. The fourth-order valence-corrected chi connectivity index (χ4v) is 6.77.